The Bertz CT molecular complexity index is 906. The van der Waals surface area contributed by atoms with Crippen LogP contribution < -0.4 is 4.74 Å². The van der Waals surface area contributed by atoms with Crippen LogP contribution in [0, 0.1) is 5.82 Å². The molecular formula is C21H21FN2O3. The maximum Gasteiger partial charge on any atom is 0.223 e. The molecule has 1 heterocycles. The quantitative estimate of drug-likeness (QED) is 0.631. The van der Waals surface area contributed by atoms with Crippen LogP contribution in [0.4, 0.5) is 4.39 Å². The van der Waals surface area contributed by atoms with Crippen molar-refractivity contribution in [3.05, 3.63) is 72.0 Å². The minimum Gasteiger partial charge on any atom is -0.497 e. The number of aryl methyl sites for hydroxylation is 1. The van der Waals surface area contributed by atoms with Crippen LogP contribution in [-0.4, -0.2) is 29.9 Å². The Balaban J connectivity index is 1.54. The molecular weight excluding hydrogens is 347 g/mol. The number of nitrogens with zero attached hydrogens (tertiary/aromatic N) is 2. The standard InChI is InChI=1S/C21H21FN2O3/c1-24(14-15-4-3-5-18(12-15)26-2)21(25)11-10-20-23-13-19(27-20)16-6-8-17(22)9-7-16/h3-9,12-13H,10-11,14H2,1-2H3. The molecule has 1 amide bonds. The van der Waals surface area contributed by atoms with Crippen LogP contribution in [0.5, 0.6) is 5.75 Å². The van der Waals surface area contributed by atoms with Gasteiger partial charge in [-0.05, 0) is 42.0 Å². The number of carbonyl (C=O) groups is 1. The molecule has 140 valence electrons. The first-order valence-corrected chi connectivity index (χ1v) is 8.62. The number of carbonyl (C=O) groups excluding carboxylic acids is 1. The normalized spacial score (nSPS) is 10.6. The summed E-state index contributed by atoms with van der Waals surface area (Å²) in [6.07, 6.45) is 2.29. The summed E-state index contributed by atoms with van der Waals surface area (Å²) in [6.45, 7) is 0.502. The summed E-state index contributed by atoms with van der Waals surface area (Å²) in [5.74, 6) is 1.50. The second kappa shape index (κ2) is 8.49. The van der Waals surface area contributed by atoms with E-state index in [0.29, 0.717) is 31.0 Å². The second-order valence-electron chi connectivity index (χ2n) is 6.23. The largest absolute Gasteiger partial charge is 0.497 e. The van der Waals surface area contributed by atoms with E-state index in [-0.39, 0.29) is 11.7 Å². The van der Waals surface area contributed by atoms with Crippen molar-refractivity contribution in [1.29, 1.82) is 0 Å². The fourth-order valence-electron chi connectivity index (χ4n) is 2.71. The van der Waals surface area contributed by atoms with Gasteiger partial charge < -0.3 is 14.1 Å². The van der Waals surface area contributed by atoms with Crippen LogP contribution in [0.3, 0.4) is 0 Å². The molecule has 27 heavy (non-hydrogen) atoms. The Morgan fingerprint density at radius 2 is 2.00 bits per heavy atom. The second-order valence-corrected chi connectivity index (χ2v) is 6.23. The summed E-state index contributed by atoms with van der Waals surface area (Å²) in [7, 11) is 3.38. The molecule has 6 heteroatoms. The maximum absolute atomic E-state index is 13.0. The zero-order chi connectivity index (χ0) is 19.2. The summed E-state index contributed by atoms with van der Waals surface area (Å²) in [5.41, 5.74) is 1.75. The van der Waals surface area contributed by atoms with E-state index in [0.717, 1.165) is 16.9 Å². The average Bonchev–Trinajstić information content (AvgIpc) is 3.15. The van der Waals surface area contributed by atoms with Gasteiger partial charge in [0, 0.05) is 32.0 Å². The summed E-state index contributed by atoms with van der Waals surface area (Å²) in [4.78, 5) is 18.2. The molecule has 0 N–H and O–H groups in total. The summed E-state index contributed by atoms with van der Waals surface area (Å²) in [5, 5.41) is 0. The first-order valence-electron chi connectivity index (χ1n) is 8.62. The van der Waals surface area contributed by atoms with Crippen molar-refractivity contribution in [2.24, 2.45) is 0 Å². The van der Waals surface area contributed by atoms with E-state index in [2.05, 4.69) is 4.98 Å². The van der Waals surface area contributed by atoms with E-state index in [1.165, 1.54) is 12.1 Å². The number of halogens is 1. The molecule has 0 aliphatic rings. The van der Waals surface area contributed by atoms with Gasteiger partial charge in [-0.1, -0.05) is 12.1 Å². The molecule has 0 saturated carbocycles. The SMILES string of the molecule is COc1cccc(CN(C)C(=O)CCc2ncc(-c3ccc(F)cc3)o2)c1. The number of benzene rings is 2. The zero-order valence-corrected chi connectivity index (χ0v) is 15.3. The van der Waals surface area contributed by atoms with Gasteiger partial charge in [0.2, 0.25) is 5.91 Å². The highest BCUT2D eigenvalue weighted by Gasteiger charge is 2.13. The molecule has 0 fully saturated rings. The highest BCUT2D eigenvalue weighted by molar-refractivity contribution is 5.76. The van der Waals surface area contributed by atoms with Crippen molar-refractivity contribution in [1.82, 2.24) is 9.88 Å². The lowest BCUT2D eigenvalue weighted by Gasteiger charge is -2.17. The van der Waals surface area contributed by atoms with E-state index < -0.39 is 0 Å². The van der Waals surface area contributed by atoms with Gasteiger partial charge in [-0.25, -0.2) is 9.37 Å². The third kappa shape index (κ3) is 4.94. The van der Waals surface area contributed by atoms with Crippen molar-refractivity contribution < 1.29 is 18.3 Å². The number of oxazole rings is 1. The molecule has 0 aliphatic carbocycles. The number of aromatic nitrogens is 1. The van der Waals surface area contributed by atoms with Gasteiger partial charge in [-0.3, -0.25) is 4.79 Å². The van der Waals surface area contributed by atoms with Gasteiger partial charge in [-0.2, -0.15) is 0 Å². The smallest absolute Gasteiger partial charge is 0.223 e. The summed E-state index contributed by atoms with van der Waals surface area (Å²) >= 11 is 0. The van der Waals surface area contributed by atoms with Crippen molar-refractivity contribution in [3.63, 3.8) is 0 Å². The molecule has 3 aromatic rings. The van der Waals surface area contributed by atoms with Crippen LogP contribution in [0.15, 0.2) is 59.1 Å². The zero-order valence-electron chi connectivity index (χ0n) is 15.3. The highest BCUT2D eigenvalue weighted by atomic mass is 19.1. The third-order valence-corrected chi connectivity index (χ3v) is 4.21. The van der Waals surface area contributed by atoms with Gasteiger partial charge in [-0.15, -0.1) is 0 Å². The predicted octanol–water partition coefficient (Wildman–Crippen LogP) is 4.08. The average molecular weight is 368 g/mol. The number of amides is 1. The Kier molecular flexibility index (Phi) is 5.86. The molecule has 0 unspecified atom stereocenters. The monoisotopic (exact) mass is 368 g/mol. The van der Waals surface area contributed by atoms with E-state index >= 15 is 0 Å². The molecule has 0 saturated heterocycles. The van der Waals surface area contributed by atoms with Crippen molar-refractivity contribution in [2.45, 2.75) is 19.4 Å². The molecule has 5 nitrogen and oxygen atoms in total. The Labute approximate surface area is 157 Å². The lowest BCUT2D eigenvalue weighted by Crippen LogP contribution is -2.26. The Morgan fingerprint density at radius 1 is 1.22 bits per heavy atom. The maximum atomic E-state index is 13.0. The number of rotatable bonds is 7. The molecule has 0 radical (unpaired) electrons. The Morgan fingerprint density at radius 3 is 2.74 bits per heavy atom. The first kappa shape index (κ1) is 18.6. The van der Waals surface area contributed by atoms with Gasteiger partial charge in [0.15, 0.2) is 11.7 Å². The number of ether oxygens (including phenoxy) is 1. The molecule has 0 atom stereocenters. The van der Waals surface area contributed by atoms with E-state index in [4.69, 9.17) is 9.15 Å². The van der Waals surface area contributed by atoms with E-state index in [1.807, 2.05) is 24.3 Å². The number of methoxy groups -OCH3 is 1. The van der Waals surface area contributed by atoms with Crippen LogP contribution in [0.25, 0.3) is 11.3 Å². The van der Waals surface area contributed by atoms with E-state index in [9.17, 15) is 9.18 Å². The molecule has 3 rings (SSSR count). The summed E-state index contributed by atoms with van der Waals surface area (Å²) < 4.78 is 23.9. The van der Waals surface area contributed by atoms with Crippen molar-refractivity contribution in [2.75, 3.05) is 14.2 Å². The van der Waals surface area contributed by atoms with Gasteiger partial charge in [0.25, 0.3) is 0 Å². The lowest BCUT2D eigenvalue weighted by molar-refractivity contribution is -0.130. The topological polar surface area (TPSA) is 55.6 Å². The van der Waals surface area contributed by atoms with Crippen LogP contribution >= 0.6 is 0 Å². The van der Waals surface area contributed by atoms with Gasteiger partial charge in [0.1, 0.15) is 11.6 Å². The molecule has 2 aromatic carbocycles. The molecule has 0 bridgehead atoms. The fraction of sp³-hybridized carbons (Fsp3) is 0.238. The van der Waals surface area contributed by atoms with Gasteiger partial charge in [0.05, 0.1) is 13.3 Å². The van der Waals surface area contributed by atoms with Crippen LogP contribution in [0.1, 0.15) is 17.9 Å². The molecule has 1 aromatic heterocycles. The molecule has 0 spiro atoms. The predicted molar refractivity (Wildman–Crippen MR) is 99.7 cm³/mol. The fourth-order valence-corrected chi connectivity index (χ4v) is 2.71. The number of hydrogen-bond donors (Lipinski definition) is 0. The third-order valence-electron chi connectivity index (χ3n) is 4.21. The minimum atomic E-state index is -0.303. The van der Waals surface area contributed by atoms with Gasteiger partial charge >= 0.3 is 0 Å². The van der Waals surface area contributed by atoms with Crippen LogP contribution in [0.2, 0.25) is 0 Å². The van der Waals surface area contributed by atoms with Crippen molar-refractivity contribution in [3.8, 4) is 17.1 Å². The van der Waals surface area contributed by atoms with Crippen LogP contribution in [-0.2, 0) is 17.8 Å². The minimum absolute atomic E-state index is 0.000600. The first-order chi connectivity index (χ1) is 13.0. The van der Waals surface area contributed by atoms with E-state index in [1.54, 1.807) is 37.4 Å². The highest BCUT2D eigenvalue weighted by Crippen LogP contribution is 2.21. The molecule has 0 aliphatic heterocycles. The lowest BCUT2D eigenvalue weighted by atomic mass is 10.2. The summed E-state index contributed by atoms with van der Waals surface area (Å²) in [6, 6.07) is 13.6. The number of hydrogen-bond acceptors (Lipinski definition) is 4. The Hall–Kier alpha value is -3.15. The van der Waals surface area contributed by atoms with Crippen molar-refractivity contribution >= 4 is 5.91 Å².